The minimum atomic E-state index is -0.670. The molecular formula is C33H25Cl2N3O3. The Morgan fingerprint density at radius 1 is 0.780 bits per heavy atom. The third-order valence-electron chi connectivity index (χ3n) is 7.60. The van der Waals surface area contributed by atoms with Gasteiger partial charge in [-0.2, -0.15) is 0 Å². The predicted octanol–water partition coefficient (Wildman–Crippen LogP) is 7.98. The van der Waals surface area contributed by atoms with Gasteiger partial charge in [0.25, 0.3) is 11.5 Å². The molecule has 0 spiro atoms. The average Bonchev–Trinajstić information content (AvgIpc) is 2.93. The van der Waals surface area contributed by atoms with E-state index in [1.54, 1.807) is 55.6 Å². The zero-order chi connectivity index (χ0) is 29.2. The van der Waals surface area contributed by atoms with Crippen LogP contribution in [-0.4, -0.2) is 16.3 Å². The molecule has 0 radical (unpaired) electrons. The number of anilines is 3. The topological polar surface area (TPSA) is 80.2 Å². The second-order valence-electron chi connectivity index (χ2n) is 10.3. The number of hydrogen-bond acceptors (Lipinski definition) is 4. The maximum absolute atomic E-state index is 14.1. The summed E-state index contributed by atoms with van der Waals surface area (Å²) in [4.78, 5) is 41.8. The molecule has 0 aliphatic heterocycles. The number of hydrogen-bond donors (Lipinski definition) is 2. The summed E-state index contributed by atoms with van der Waals surface area (Å²) >= 11 is 12.7. The van der Waals surface area contributed by atoms with Crippen molar-refractivity contribution in [1.82, 2.24) is 4.57 Å². The summed E-state index contributed by atoms with van der Waals surface area (Å²) in [5.74, 6) is -0.862. The maximum Gasteiger partial charge on any atom is 0.264 e. The first-order valence-corrected chi connectivity index (χ1v) is 13.8. The van der Waals surface area contributed by atoms with E-state index in [9.17, 15) is 14.4 Å². The summed E-state index contributed by atoms with van der Waals surface area (Å²) in [6, 6.07) is 19.7. The zero-order valence-electron chi connectivity index (χ0n) is 22.8. The van der Waals surface area contributed by atoms with Crippen LogP contribution in [0.15, 0.2) is 71.5 Å². The standard InChI is InChI=1S/C33H25Cl2N3O3/c1-16-14-17(2)29(18(3)15-16)36-23-12-13-24-27-25(19-8-5-6-9-20(19)31(39)26(23)27)28(33(41)38(24)4)32(40)37-30-21(34)10-7-11-22(30)35/h5-15,36H,1-4H3,(H,37,40). The monoisotopic (exact) mass is 581 g/mol. The van der Waals surface area contributed by atoms with Gasteiger partial charge in [-0.15, -0.1) is 0 Å². The van der Waals surface area contributed by atoms with E-state index in [1.165, 1.54) is 4.57 Å². The summed E-state index contributed by atoms with van der Waals surface area (Å²) in [5.41, 5.74) is 6.57. The second kappa shape index (κ2) is 9.91. The first-order chi connectivity index (χ1) is 19.6. The molecule has 1 heterocycles. The fraction of sp³-hybridized carbons (Fsp3) is 0.121. The van der Waals surface area contributed by atoms with Crippen LogP contribution in [0, 0.1) is 20.8 Å². The number of carbonyl (C=O) groups is 2. The lowest BCUT2D eigenvalue weighted by Crippen LogP contribution is -2.31. The number of aromatic nitrogens is 1. The van der Waals surface area contributed by atoms with Crippen molar-refractivity contribution in [2.24, 2.45) is 7.05 Å². The second-order valence-corrected chi connectivity index (χ2v) is 11.1. The number of pyridine rings is 1. The van der Waals surface area contributed by atoms with Crippen molar-refractivity contribution in [2.75, 3.05) is 10.6 Å². The molecule has 0 atom stereocenters. The van der Waals surface area contributed by atoms with E-state index in [0.717, 1.165) is 22.4 Å². The van der Waals surface area contributed by atoms with Crippen LogP contribution in [0.1, 0.15) is 43.0 Å². The molecular weight excluding hydrogens is 557 g/mol. The highest BCUT2D eigenvalue weighted by Crippen LogP contribution is 2.44. The number of amides is 1. The maximum atomic E-state index is 14.1. The van der Waals surface area contributed by atoms with Gasteiger partial charge in [-0.25, -0.2) is 0 Å². The quantitative estimate of drug-likeness (QED) is 0.221. The molecule has 1 aliphatic rings. The Balaban J connectivity index is 1.67. The number of nitrogens with zero attached hydrogens (tertiary/aromatic N) is 1. The molecule has 8 heteroatoms. The zero-order valence-corrected chi connectivity index (χ0v) is 24.3. The van der Waals surface area contributed by atoms with Crippen LogP contribution < -0.4 is 16.2 Å². The minimum Gasteiger partial charge on any atom is -0.354 e. The third kappa shape index (κ3) is 4.22. The number of para-hydroxylation sites is 1. The number of aryl methyl sites for hydroxylation is 4. The minimum absolute atomic E-state index is 0.1000. The largest absolute Gasteiger partial charge is 0.354 e. The number of carbonyl (C=O) groups excluding carboxylic acids is 2. The average molecular weight is 582 g/mol. The van der Waals surface area contributed by atoms with Crippen LogP contribution in [0.2, 0.25) is 10.0 Å². The lowest BCUT2D eigenvalue weighted by Gasteiger charge is -2.26. The van der Waals surface area contributed by atoms with Crippen LogP contribution in [0.4, 0.5) is 17.1 Å². The van der Waals surface area contributed by atoms with E-state index >= 15 is 0 Å². The van der Waals surface area contributed by atoms with Gasteiger partial charge in [0.15, 0.2) is 5.78 Å². The van der Waals surface area contributed by atoms with Gasteiger partial charge in [0, 0.05) is 29.2 Å². The summed E-state index contributed by atoms with van der Waals surface area (Å²) in [6.45, 7) is 6.08. The molecule has 41 heavy (non-hydrogen) atoms. The van der Waals surface area contributed by atoms with Crippen LogP contribution in [-0.2, 0) is 7.05 Å². The van der Waals surface area contributed by atoms with E-state index in [2.05, 4.69) is 22.8 Å². The molecule has 5 aromatic rings. The summed E-state index contributed by atoms with van der Waals surface area (Å²) < 4.78 is 1.40. The highest BCUT2D eigenvalue weighted by atomic mass is 35.5. The van der Waals surface area contributed by atoms with E-state index in [-0.39, 0.29) is 27.1 Å². The number of nitrogens with one attached hydrogen (secondary N) is 2. The van der Waals surface area contributed by atoms with Crippen molar-refractivity contribution < 1.29 is 9.59 Å². The molecule has 1 aromatic heterocycles. The molecule has 6 rings (SSSR count). The Morgan fingerprint density at radius 2 is 1.41 bits per heavy atom. The molecule has 1 aliphatic carbocycles. The van der Waals surface area contributed by atoms with Crippen LogP contribution in [0.3, 0.4) is 0 Å². The van der Waals surface area contributed by atoms with Crippen molar-refractivity contribution in [3.8, 4) is 11.1 Å². The third-order valence-corrected chi connectivity index (χ3v) is 8.23. The number of ketones is 1. The molecule has 4 aromatic carbocycles. The summed E-state index contributed by atoms with van der Waals surface area (Å²) in [6.07, 6.45) is 0. The lowest BCUT2D eigenvalue weighted by atomic mass is 9.81. The number of benzene rings is 4. The Bertz CT molecular complexity index is 1980. The highest BCUT2D eigenvalue weighted by molar-refractivity contribution is 6.40. The fourth-order valence-electron chi connectivity index (χ4n) is 5.79. The van der Waals surface area contributed by atoms with Gasteiger partial charge in [0.1, 0.15) is 5.56 Å². The van der Waals surface area contributed by atoms with E-state index < -0.39 is 11.5 Å². The summed E-state index contributed by atoms with van der Waals surface area (Å²) in [5, 5.41) is 7.25. The normalized spacial score (nSPS) is 11.9. The van der Waals surface area contributed by atoms with E-state index in [1.807, 2.05) is 26.8 Å². The summed E-state index contributed by atoms with van der Waals surface area (Å²) in [7, 11) is 1.59. The first-order valence-electron chi connectivity index (χ1n) is 13.0. The van der Waals surface area contributed by atoms with Crippen molar-refractivity contribution in [3.63, 3.8) is 0 Å². The Morgan fingerprint density at radius 3 is 2.07 bits per heavy atom. The van der Waals surface area contributed by atoms with Crippen LogP contribution in [0.5, 0.6) is 0 Å². The van der Waals surface area contributed by atoms with Gasteiger partial charge in [0.05, 0.1) is 32.5 Å². The van der Waals surface area contributed by atoms with E-state index in [0.29, 0.717) is 38.8 Å². The fourth-order valence-corrected chi connectivity index (χ4v) is 6.28. The van der Waals surface area contributed by atoms with Gasteiger partial charge in [0.2, 0.25) is 0 Å². The van der Waals surface area contributed by atoms with Crippen molar-refractivity contribution in [2.45, 2.75) is 20.8 Å². The first kappa shape index (κ1) is 26.8. The van der Waals surface area contributed by atoms with Crippen LogP contribution >= 0.6 is 23.2 Å². The molecule has 0 saturated heterocycles. The Kier molecular flexibility index (Phi) is 6.48. The van der Waals surface area contributed by atoms with Gasteiger partial charge in [-0.05, 0) is 61.7 Å². The smallest absolute Gasteiger partial charge is 0.264 e. The van der Waals surface area contributed by atoms with Crippen molar-refractivity contribution in [3.05, 3.63) is 121 Å². The molecule has 6 nitrogen and oxygen atoms in total. The van der Waals surface area contributed by atoms with Gasteiger partial charge < -0.3 is 15.2 Å². The SMILES string of the molecule is Cc1cc(C)c(Nc2ccc3c4c2C(=O)c2ccccc2-c4c(C(=O)Nc2c(Cl)cccc2Cl)c(=O)n3C)c(C)c1. The molecule has 204 valence electrons. The molecule has 0 saturated carbocycles. The molecule has 0 bridgehead atoms. The Labute approximate surface area is 246 Å². The van der Waals surface area contributed by atoms with Gasteiger partial charge >= 0.3 is 0 Å². The van der Waals surface area contributed by atoms with Gasteiger partial charge in [-0.1, -0.05) is 71.2 Å². The predicted molar refractivity (Wildman–Crippen MR) is 166 cm³/mol. The van der Waals surface area contributed by atoms with Crippen LogP contribution in [0.25, 0.3) is 22.0 Å². The number of halogens is 2. The molecule has 1 amide bonds. The lowest BCUT2D eigenvalue weighted by molar-refractivity contribution is 0.102. The molecule has 0 unspecified atom stereocenters. The van der Waals surface area contributed by atoms with Crippen molar-refractivity contribution >= 4 is 62.9 Å². The Hall–Kier alpha value is -4.39. The van der Waals surface area contributed by atoms with Crippen molar-refractivity contribution in [1.29, 1.82) is 0 Å². The van der Waals surface area contributed by atoms with E-state index in [4.69, 9.17) is 23.2 Å². The molecule has 0 fully saturated rings. The number of fused-ring (bicyclic) bond motifs is 2. The van der Waals surface area contributed by atoms with Gasteiger partial charge in [-0.3, -0.25) is 14.4 Å². The number of rotatable bonds is 4. The molecule has 2 N–H and O–H groups in total. The highest BCUT2D eigenvalue weighted by Gasteiger charge is 2.34.